The maximum atomic E-state index is 9.40. The summed E-state index contributed by atoms with van der Waals surface area (Å²) >= 11 is 0. The van der Waals surface area contributed by atoms with E-state index in [1.54, 1.807) is 0 Å². The summed E-state index contributed by atoms with van der Waals surface area (Å²) in [6.45, 7) is 4.05. The summed E-state index contributed by atoms with van der Waals surface area (Å²) in [5.74, 6) is 1.62. The molecule has 33 heavy (non-hydrogen) atoms. The number of ether oxygens (including phenoxy) is 4. The lowest BCUT2D eigenvalue weighted by molar-refractivity contribution is -0.193. The average molecular weight is 463 g/mol. The minimum atomic E-state index is -0.0559. The summed E-state index contributed by atoms with van der Waals surface area (Å²) in [7, 11) is 0. The van der Waals surface area contributed by atoms with Crippen LogP contribution in [0.5, 0.6) is 0 Å². The lowest BCUT2D eigenvalue weighted by Crippen LogP contribution is -2.31. The van der Waals surface area contributed by atoms with Crippen LogP contribution < -0.4 is 0 Å². The minimum absolute atomic E-state index is 0.0434. The van der Waals surface area contributed by atoms with Gasteiger partial charge >= 0.3 is 0 Å². The zero-order chi connectivity index (χ0) is 22.9. The Morgan fingerprint density at radius 1 is 1.03 bits per heavy atom. The Kier molecular flexibility index (Phi) is 10.3. The van der Waals surface area contributed by atoms with E-state index in [9.17, 15) is 5.11 Å². The number of allylic oxidation sites excluding steroid dienone is 1. The van der Waals surface area contributed by atoms with Gasteiger partial charge in [0.15, 0.2) is 12.6 Å². The van der Waals surface area contributed by atoms with E-state index in [1.165, 1.54) is 37.7 Å². The van der Waals surface area contributed by atoms with Gasteiger partial charge in [0.05, 0.1) is 18.8 Å². The van der Waals surface area contributed by atoms with Gasteiger partial charge in [0.25, 0.3) is 0 Å². The number of hydrogen-bond donors (Lipinski definition) is 1. The van der Waals surface area contributed by atoms with E-state index in [0.717, 1.165) is 64.6 Å². The van der Waals surface area contributed by atoms with Crippen molar-refractivity contribution in [3.8, 4) is 0 Å². The fourth-order valence-electron chi connectivity index (χ4n) is 6.27. The monoisotopic (exact) mass is 462 g/mol. The molecule has 0 radical (unpaired) electrons. The van der Waals surface area contributed by atoms with Gasteiger partial charge < -0.3 is 24.1 Å². The predicted octanol–water partition coefficient (Wildman–Crippen LogP) is 5.91. The van der Waals surface area contributed by atoms with Crippen LogP contribution in [0.4, 0.5) is 0 Å². The molecule has 188 valence electrons. The highest BCUT2D eigenvalue weighted by Gasteiger charge is 2.47. The summed E-state index contributed by atoms with van der Waals surface area (Å²) in [5.41, 5.74) is 1.42. The summed E-state index contributed by atoms with van der Waals surface area (Å²) < 4.78 is 24.8. The summed E-state index contributed by atoms with van der Waals surface area (Å²) in [4.78, 5) is 0. The average Bonchev–Trinajstić information content (AvgIpc) is 3.36. The summed E-state index contributed by atoms with van der Waals surface area (Å²) in [6, 6.07) is 0. The second kappa shape index (κ2) is 13.4. The van der Waals surface area contributed by atoms with E-state index >= 15 is 0 Å². The molecule has 0 aromatic heterocycles. The van der Waals surface area contributed by atoms with Gasteiger partial charge in [-0.15, -0.1) is 0 Å². The molecule has 4 aliphatic rings. The van der Waals surface area contributed by atoms with Crippen molar-refractivity contribution in [2.24, 2.45) is 17.8 Å². The molecular weight excluding hydrogens is 416 g/mol. The van der Waals surface area contributed by atoms with Crippen molar-refractivity contribution in [1.29, 1.82) is 0 Å². The first-order chi connectivity index (χ1) is 16.3. The van der Waals surface area contributed by atoms with Crippen molar-refractivity contribution < 1.29 is 24.1 Å². The third-order valence-corrected chi connectivity index (χ3v) is 8.04. The largest absolute Gasteiger partial charge is 0.392 e. The third kappa shape index (κ3) is 7.38. The molecule has 0 aromatic rings. The van der Waals surface area contributed by atoms with E-state index in [1.807, 2.05) is 6.08 Å². The van der Waals surface area contributed by atoms with E-state index in [-0.39, 0.29) is 31.4 Å². The third-order valence-electron chi connectivity index (χ3n) is 8.04. The SMILES string of the molecule is CCCCC[C@@H](/C=C/[C@@H]1[C@H]2C/C(=C/CO)C[C@H]2C[C@H]1OC1CCCCO1)OC1CCCCO1. The van der Waals surface area contributed by atoms with E-state index in [0.29, 0.717) is 17.8 Å². The first kappa shape index (κ1) is 25.4. The maximum Gasteiger partial charge on any atom is 0.158 e. The van der Waals surface area contributed by atoms with E-state index in [4.69, 9.17) is 18.9 Å². The molecule has 2 saturated carbocycles. The summed E-state index contributed by atoms with van der Waals surface area (Å²) in [5, 5.41) is 9.40. The van der Waals surface area contributed by atoms with Crippen LogP contribution in [0.2, 0.25) is 0 Å². The van der Waals surface area contributed by atoms with Crippen LogP contribution in [-0.4, -0.2) is 49.7 Å². The lowest BCUT2D eigenvalue weighted by atomic mass is 9.90. The number of aliphatic hydroxyl groups excluding tert-OH is 1. The van der Waals surface area contributed by atoms with Crippen LogP contribution in [0.25, 0.3) is 0 Å². The topological polar surface area (TPSA) is 57.2 Å². The molecule has 0 amide bonds. The van der Waals surface area contributed by atoms with Crippen LogP contribution >= 0.6 is 0 Å². The zero-order valence-corrected chi connectivity index (χ0v) is 20.7. The predicted molar refractivity (Wildman–Crippen MR) is 130 cm³/mol. The van der Waals surface area contributed by atoms with E-state index < -0.39 is 0 Å². The first-order valence-corrected chi connectivity index (χ1v) is 13.8. The smallest absolute Gasteiger partial charge is 0.158 e. The Morgan fingerprint density at radius 3 is 2.52 bits per heavy atom. The molecule has 0 spiro atoms. The second-order valence-corrected chi connectivity index (χ2v) is 10.5. The van der Waals surface area contributed by atoms with Crippen LogP contribution in [0.1, 0.15) is 90.4 Å². The van der Waals surface area contributed by atoms with Gasteiger partial charge in [-0.25, -0.2) is 0 Å². The highest BCUT2D eigenvalue weighted by atomic mass is 16.7. The van der Waals surface area contributed by atoms with Gasteiger partial charge in [-0.1, -0.05) is 50.0 Å². The fraction of sp³-hybridized carbons (Fsp3) is 0.857. The van der Waals surface area contributed by atoms with Crippen molar-refractivity contribution >= 4 is 0 Å². The number of fused-ring (bicyclic) bond motifs is 1. The minimum Gasteiger partial charge on any atom is -0.392 e. The Hall–Kier alpha value is -0.720. The number of hydrogen-bond acceptors (Lipinski definition) is 5. The molecule has 1 N–H and O–H groups in total. The molecule has 4 rings (SSSR count). The van der Waals surface area contributed by atoms with Gasteiger partial charge in [0.2, 0.25) is 0 Å². The maximum absolute atomic E-state index is 9.40. The van der Waals surface area contributed by atoms with Crippen molar-refractivity contribution in [1.82, 2.24) is 0 Å². The van der Waals surface area contributed by atoms with Gasteiger partial charge in [-0.05, 0) is 76.0 Å². The van der Waals surface area contributed by atoms with Crippen molar-refractivity contribution in [3.63, 3.8) is 0 Å². The molecular formula is C28H46O5. The van der Waals surface area contributed by atoms with Gasteiger partial charge in [-0.3, -0.25) is 0 Å². The molecule has 5 heteroatoms. The van der Waals surface area contributed by atoms with Gasteiger partial charge in [-0.2, -0.15) is 0 Å². The number of unbranched alkanes of at least 4 members (excludes halogenated alkanes) is 2. The molecule has 2 saturated heterocycles. The quantitative estimate of drug-likeness (QED) is 0.305. The Labute approximate surface area is 200 Å². The van der Waals surface area contributed by atoms with Crippen LogP contribution in [-0.2, 0) is 18.9 Å². The molecule has 5 nitrogen and oxygen atoms in total. The standard InChI is InChI=1S/C28H46O5/c1-2-3-4-9-23(32-27-10-5-7-16-30-27)12-13-24-25-19-21(14-15-29)18-22(25)20-26(24)33-28-11-6-8-17-31-28/h12-14,22-29H,2-11,15-20H2,1H3/b13-12+,21-14+/t22-,23-,24+,25-,26+,27?,28?/m0/s1. The van der Waals surface area contributed by atoms with Crippen molar-refractivity contribution in [2.75, 3.05) is 19.8 Å². The number of rotatable bonds is 11. The summed E-state index contributed by atoms with van der Waals surface area (Å²) in [6.07, 6.45) is 21.7. The van der Waals surface area contributed by atoms with Crippen molar-refractivity contribution in [3.05, 3.63) is 23.8 Å². The first-order valence-electron chi connectivity index (χ1n) is 13.8. The van der Waals surface area contributed by atoms with Gasteiger partial charge in [0.1, 0.15) is 0 Å². The second-order valence-electron chi connectivity index (χ2n) is 10.5. The molecule has 0 bridgehead atoms. The van der Waals surface area contributed by atoms with Gasteiger partial charge in [0, 0.05) is 19.1 Å². The zero-order valence-electron chi connectivity index (χ0n) is 20.7. The van der Waals surface area contributed by atoms with Crippen LogP contribution in [0.15, 0.2) is 23.8 Å². The molecule has 2 aliphatic heterocycles. The molecule has 7 atom stereocenters. The van der Waals surface area contributed by atoms with Crippen LogP contribution in [0, 0.1) is 17.8 Å². The number of aliphatic hydroxyl groups is 1. The van der Waals surface area contributed by atoms with Crippen LogP contribution in [0.3, 0.4) is 0 Å². The highest BCUT2D eigenvalue weighted by molar-refractivity contribution is 5.18. The Morgan fingerprint density at radius 2 is 1.82 bits per heavy atom. The normalized spacial score (nSPS) is 37.1. The Balaban J connectivity index is 1.43. The van der Waals surface area contributed by atoms with E-state index in [2.05, 4.69) is 19.1 Å². The Bertz CT molecular complexity index is 620. The molecule has 2 heterocycles. The van der Waals surface area contributed by atoms with Crippen molar-refractivity contribution in [2.45, 2.75) is 115 Å². The molecule has 2 unspecified atom stereocenters. The molecule has 4 fully saturated rings. The fourth-order valence-corrected chi connectivity index (χ4v) is 6.27. The lowest BCUT2D eigenvalue weighted by Gasteiger charge is -2.30. The molecule has 2 aliphatic carbocycles. The highest BCUT2D eigenvalue weighted by Crippen LogP contribution is 2.51. The molecule has 0 aromatic carbocycles.